The maximum atomic E-state index is 9.48. The Morgan fingerprint density at radius 1 is 1.24 bits per heavy atom. The van der Waals surface area contributed by atoms with E-state index in [0.717, 1.165) is 28.9 Å². The first-order valence-electron chi connectivity index (χ1n) is 7.61. The number of pyridine rings is 1. The molecule has 0 atom stereocenters. The fraction of sp³-hybridized carbons (Fsp3) is 0.111. The Kier molecular flexibility index (Phi) is 4.00. The summed E-state index contributed by atoms with van der Waals surface area (Å²) in [6.07, 6.45) is 1.55. The first kappa shape index (κ1) is 15.8. The topological polar surface area (TPSA) is 70.0 Å². The molecule has 0 radical (unpaired) electrons. The van der Waals surface area contributed by atoms with Gasteiger partial charge in [-0.3, -0.25) is 4.98 Å². The van der Waals surface area contributed by atoms with Crippen LogP contribution in [0.15, 0.2) is 36.5 Å². The van der Waals surface area contributed by atoms with E-state index in [2.05, 4.69) is 21.7 Å². The lowest BCUT2D eigenvalue weighted by molar-refractivity contribution is 0.324. The Morgan fingerprint density at radius 3 is 2.92 bits per heavy atom. The number of nitriles is 1. The molecule has 1 aromatic heterocycles. The molecule has 1 aliphatic heterocycles. The van der Waals surface area contributed by atoms with E-state index in [-0.39, 0.29) is 0 Å². The van der Waals surface area contributed by atoms with E-state index in [1.54, 1.807) is 24.4 Å². The number of ether oxygens (including phenoxy) is 1. The van der Waals surface area contributed by atoms with Crippen molar-refractivity contribution in [1.29, 1.82) is 5.26 Å². The van der Waals surface area contributed by atoms with Gasteiger partial charge in [0.15, 0.2) is 0 Å². The molecule has 2 N–H and O–H groups in total. The highest BCUT2D eigenvalue weighted by Crippen LogP contribution is 2.38. The molecule has 3 aromatic rings. The van der Waals surface area contributed by atoms with Crippen molar-refractivity contribution in [2.45, 2.75) is 0 Å². The Bertz CT molecular complexity index is 1030. The van der Waals surface area contributed by atoms with Gasteiger partial charge < -0.3 is 15.4 Å². The molecule has 4 rings (SSSR count). The molecule has 0 bridgehead atoms. The third kappa shape index (κ3) is 2.91. The van der Waals surface area contributed by atoms with E-state index in [1.165, 1.54) is 0 Å². The predicted molar refractivity (Wildman–Crippen MR) is 100 cm³/mol. The molecule has 0 fully saturated rings. The maximum Gasteiger partial charge on any atom is 0.143 e. The number of nitrogens with one attached hydrogen (secondary N) is 2. The standard InChI is InChI=1S/C18H12Cl2N4O/c19-11-1-2-14(13(20)5-11)24-18-10(8-21)9-23-15-7-16-17(6-12(15)18)25-4-3-22-16/h1-2,5-7,9,22H,3-4H2,(H,23,24). The van der Waals surface area contributed by atoms with Crippen LogP contribution < -0.4 is 15.4 Å². The fourth-order valence-corrected chi connectivity index (χ4v) is 3.22. The quantitative estimate of drug-likeness (QED) is 0.666. The van der Waals surface area contributed by atoms with Gasteiger partial charge in [0.25, 0.3) is 0 Å². The monoisotopic (exact) mass is 370 g/mol. The summed E-state index contributed by atoms with van der Waals surface area (Å²) in [5.41, 5.74) is 3.36. The molecule has 124 valence electrons. The van der Waals surface area contributed by atoms with Crippen LogP contribution in [0.4, 0.5) is 17.1 Å². The van der Waals surface area contributed by atoms with Gasteiger partial charge in [0, 0.05) is 23.2 Å². The lowest BCUT2D eigenvalue weighted by Crippen LogP contribution is -2.18. The number of rotatable bonds is 2. The summed E-state index contributed by atoms with van der Waals surface area (Å²) in [5.74, 6) is 0.737. The zero-order valence-electron chi connectivity index (χ0n) is 12.9. The van der Waals surface area contributed by atoms with Crippen molar-refractivity contribution in [2.24, 2.45) is 0 Å². The van der Waals surface area contributed by atoms with Gasteiger partial charge in [-0.05, 0) is 30.3 Å². The smallest absolute Gasteiger partial charge is 0.143 e. The molecule has 5 nitrogen and oxygen atoms in total. The van der Waals surface area contributed by atoms with Gasteiger partial charge in [-0.2, -0.15) is 5.26 Å². The lowest BCUT2D eigenvalue weighted by Gasteiger charge is -2.20. The van der Waals surface area contributed by atoms with Crippen LogP contribution in [0.2, 0.25) is 10.0 Å². The van der Waals surface area contributed by atoms with E-state index in [9.17, 15) is 5.26 Å². The van der Waals surface area contributed by atoms with Crippen molar-refractivity contribution in [1.82, 2.24) is 4.98 Å². The number of fused-ring (bicyclic) bond motifs is 2. The molecule has 0 saturated carbocycles. The highest BCUT2D eigenvalue weighted by Gasteiger charge is 2.16. The van der Waals surface area contributed by atoms with Gasteiger partial charge in [-0.25, -0.2) is 0 Å². The van der Waals surface area contributed by atoms with Crippen LogP contribution in [0.3, 0.4) is 0 Å². The molecular formula is C18H12Cl2N4O. The van der Waals surface area contributed by atoms with Gasteiger partial charge in [-0.1, -0.05) is 23.2 Å². The maximum absolute atomic E-state index is 9.48. The SMILES string of the molecule is N#Cc1cnc2cc3c(cc2c1Nc1ccc(Cl)cc1Cl)OCCN3. The third-order valence-electron chi connectivity index (χ3n) is 3.96. The lowest BCUT2D eigenvalue weighted by atomic mass is 10.1. The molecule has 1 aliphatic rings. The third-order valence-corrected chi connectivity index (χ3v) is 4.50. The van der Waals surface area contributed by atoms with Gasteiger partial charge in [0.05, 0.1) is 33.2 Å². The number of halogens is 2. The first-order chi connectivity index (χ1) is 12.2. The normalized spacial score (nSPS) is 12.7. The van der Waals surface area contributed by atoms with Crippen molar-refractivity contribution >= 4 is 51.2 Å². The van der Waals surface area contributed by atoms with Gasteiger partial charge in [0.2, 0.25) is 0 Å². The minimum atomic E-state index is 0.419. The van der Waals surface area contributed by atoms with E-state index in [1.807, 2.05) is 12.1 Å². The predicted octanol–water partition coefficient (Wildman–Crippen LogP) is 4.96. The number of anilines is 3. The number of hydrogen-bond donors (Lipinski definition) is 2. The van der Waals surface area contributed by atoms with Crippen molar-refractivity contribution in [3.05, 3.63) is 52.1 Å². The Labute approximate surface area is 154 Å². The second-order valence-electron chi connectivity index (χ2n) is 5.55. The zero-order chi connectivity index (χ0) is 17.4. The van der Waals surface area contributed by atoms with Crippen LogP contribution in [0.5, 0.6) is 5.75 Å². The van der Waals surface area contributed by atoms with Crippen LogP contribution in [0, 0.1) is 11.3 Å². The average molecular weight is 371 g/mol. The molecule has 2 heterocycles. The second kappa shape index (κ2) is 6.32. The molecule has 0 unspecified atom stereocenters. The van der Waals surface area contributed by atoms with E-state index >= 15 is 0 Å². The van der Waals surface area contributed by atoms with Crippen LogP contribution in [-0.4, -0.2) is 18.1 Å². The highest BCUT2D eigenvalue weighted by molar-refractivity contribution is 6.36. The molecule has 2 aromatic carbocycles. The van der Waals surface area contributed by atoms with Crippen LogP contribution in [0.1, 0.15) is 5.56 Å². The summed E-state index contributed by atoms with van der Waals surface area (Å²) in [4.78, 5) is 4.39. The summed E-state index contributed by atoms with van der Waals surface area (Å²) >= 11 is 12.2. The van der Waals surface area contributed by atoms with E-state index in [4.69, 9.17) is 27.9 Å². The summed E-state index contributed by atoms with van der Waals surface area (Å²) in [6.45, 7) is 1.34. The largest absolute Gasteiger partial charge is 0.490 e. The highest BCUT2D eigenvalue weighted by atomic mass is 35.5. The van der Waals surface area contributed by atoms with Crippen LogP contribution in [-0.2, 0) is 0 Å². The fourth-order valence-electron chi connectivity index (χ4n) is 2.77. The molecule has 25 heavy (non-hydrogen) atoms. The van der Waals surface area contributed by atoms with Crippen molar-refractivity contribution in [3.63, 3.8) is 0 Å². The van der Waals surface area contributed by atoms with Crippen molar-refractivity contribution < 1.29 is 4.74 Å². The van der Waals surface area contributed by atoms with Gasteiger partial charge >= 0.3 is 0 Å². The summed E-state index contributed by atoms with van der Waals surface area (Å²) in [7, 11) is 0. The molecule has 0 amide bonds. The van der Waals surface area contributed by atoms with Crippen molar-refractivity contribution in [2.75, 3.05) is 23.8 Å². The summed E-state index contributed by atoms with van der Waals surface area (Å²) < 4.78 is 5.71. The Morgan fingerprint density at radius 2 is 2.12 bits per heavy atom. The van der Waals surface area contributed by atoms with Crippen molar-refractivity contribution in [3.8, 4) is 11.8 Å². The minimum absolute atomic E-state index is 0.419. The van der Waals surface area contributed by atoms with Gasteiger partial charge in [0.1, 0.15) is 18.4 Å². The summed E-state index contributed by atoms with van der Waals surface area (Å²) in [5, 5.41) is 17.8. The Balaban J connectivity index is 1.89. The zero-order valence-corrected chi connectivity index (χ0v) is 14.4. The number of aromatic nitrogens is 1. The second-order valence-corrected chi connectivity index (χ2v) is 6.39. The molecular weight excluding hydrogens is 359 g/mol. The van der Waals surface area contributed by atoms with Gasteiger partial charge in [-0.15, -0.1) is 0 Å². The number of nitrogens with zero attached hydrogens (tertiary/aromatic N) is 2. The molecule has 7 heteroatoms. The Hall–Kier alpha value is -2.68. The van der Waals surface area contributed by atoms with E-state index in [0.29, 0.717) is 33.6 Å². The summed E-state index contributed by atoms with van der Waals surface area (Å²) in [6, 6.07) is 11.1. The number of benzene rings is 2. The number of hydrogen-bond acceptors (Lipinski definition) is 5. The molecule has 0 saturated heterocycles. The first-order valence-corrected chi connectivity index (χ1v) is 8.37. The van der Waals surface area contributed by atoms with E-state index < -0.39 is 0 Å². The minimum Gasteiger partial charge on any atom is -0.490 e. The average Bonchev–Trinajstić information content (AvgIpc) is 2.62. The van der Waals surface area contributed by atoms with Crippen LogP contribution in [0.25, 0.3) is 10.9 Å². The molecule has 0 spiro atoms. The molecule has 0 aliphatic carbocycles. The van der Waals surface area contributed by atoms with Crippen LogP contribution >= 0.6 is 23.2 Å².